The van der Waals surface area contributed by atoms with Gasteiger partial charge in [-0.2, -0.15) is 0 Å². The van der Waals surface area contributed by atoms with Gasteiger partial charge in [0.15, 0.2) is 5.96 Å². The molecule has 34 heavy (non-hydrogen) atoms. The first-order valence-corrected chi connectivity index (χ1v) is 11.6. The molecule has 1 amide bonds. The molecule has 0 aliphatic carbocycles. The first-order valence-electron chi connectivity index (χ1n) is 11.6. The lowest BCUT2D eigenvalue weighted by Gasteiger charge is -2.31. The van der Waals surface area contributed by atoms with Crippen molar-refractivity contribution in [1.29, 1.82) is 0 Å². The van der Waals surface area contributed by atoms with Crippen LogP contribution in [0.25, 0.3) is 10.9 Å². The van der Waals surface area contributed by atoms with Gasteiger partial charge in [0, 0.05) is 50.3 Å². The third kappa shape index (κ3) is 6.50. The summed E-state index contributed by atoms with van der Waals surface area (Å²) in [5.74, 6) is 0.544. The zero-order valence-corrected chi connectivity index (χ0v) is 22.2. The molecule has 1 aliphatic heterocycles. The number of carbonyl (C=O) groups excluding carboxylic acids is 1. The van der Waals surface area contributed by atoms with Crippen LogP contribution in [-0.2, 0) is 16.0 Å². The van der Waals surface area contributed by atoms with Gasteiger partial charge in [-0.15, -0.1) is 24.0 Å². The van der Waals surface area contributed by atoms with Crippen LogP contribution in [0.1, 0.15) is 22.6 Å². The van der Waals surface area contributed by atoms with Crippen molar-refractivity contribution in [2.45, 2.75) is 19.3 Å². The van der Waals surface area contributed by atoms with E-state index in [1.54, 1.807) is 7.05 Å². The molecule has 3 aromatic rings. The molecule has 7 nitrogen and oxygen atoms in total. The molecule has 1 aliphatic rings. The van der Waals surface area contributed by atoms with Crippen LogP contribution in [0.15, 0.2) is 59.7 Å². The summed E-state index contributed by atoms with van der Waals surface area (Å²) in [5.41, 5.74) is 4.70. The number of morpholine rings is 1. The zero-order valence-electron chi connectivity index (χ0n) is 19.8. The maximum Gasteiger partial charge on any atom is 0.232 e. The number of H-pyrrole nitrogens is 1. The maximum atomic E-state index is 13.3. The second-order valence-corrected chi connectivity index (χ2v) is 8.39. The molecule has 182 valence electrons. The number of aliphatic imine (C=N–C) groups is 1. The number of carbonyl (C=O) groups is 1. The number of nitrogens with zero attached hydrogens (tertiary/aromatic N) is 2. The highest BCUT2D eigenvalue weighted by Gasteiger charge is 2.27. The average Bonchev–Trinajstić information content (AvgIpc) is 3.26. The van der Waals surface area contributed by atoms with Gasteiger partial charge < -0.3 is 25.3 Å². The fraction of sp³-hybridized carbons (Fsp3) is 0.385. The van der Waals surface area contributed by atoms with Crippen LogP contribution in [0, 0.1) is 6.92 Å². The first kappa shape index (κ1) is 26.0. The number of aromatic amines is 1. The van der Waals surface area contributed by atoms with Crippen LogP contribution in [0.5, 0.6) is 0 Å². The summed E-state index contributed by atoms with van der Waals surface area (Å²) >= 11 is 0. The van der Waals surface area contributed by atoms with Crippen molar-refractivity contribution < 1.29 is 9.53 Å². The lowest BCUT2D eigenvalue weighted by atomic mass is 9.97. The molecule has 3 N–H and O–H groups in total. The zero-order chi connectivity index (χ0) is 23.0. The van der Waals surface area contributed by atoms with Gasteiger partial charge in [-0.3, -0.25) is 9.79 Å². The third-order valence-corrected chi connectivity index (χ3v) is 6.13. The molecule has 8 heteroatoms. The van der Waals surface area contributed by atoms with E-state index in [1.807, 2.05) is 35.2 Å². The number of ether oxygens (including phenoxy) is 1. The highest BCUT2D eigenvalue weighted by atomic mass is 127. The molecule has 0 bridgehead atoms. The second-order valence-electron chi connectivity index (χ2n) is 8.39. The molecule has 1 unspecified atom stereocenters. The smallest absolute Gasteiger partial charge is 0.232 e. The minimum Gasteiger partial charge on any atom is -0.378 e. The van der Waals surface area contributed by atoms with Crippen LogP contribution in [0.3, 0.4) is 0 Å². The predicted molar refractivity (Wildman–Crippen MR) is 148 cm³/mol. The molecular formula is C26H34IN5O2. The number of benzene rings is 2. The van der Waals surface area contributed by atoms with E-state index < -0.39 is 0 Å². The predicted octanol–water partition coefficient (Wildman–Crippen LogP) is 3.44. The van der Waals surface area contributed by atoms with E-state index in [2.05, 4.69) is 51.9 Å². The summed E-state index contributed by atoms with van der Waals surface area (Å²) < 4.78 is 5.42. The highest BCUT2D eigenvalue weighted by molar-refractivity contribution is 14.0. The SMILES string of the molecule is CN=C(NCCc1c[nH]c2cc(C)ccc12)NCC(C(=O)N1CCOCC1)c1ccccc1.I. The van der Waals surface area contributed by atoms with Crippen molar-refractivity contribution >= 4 is 46.7 Å². The topological polar surface area (TPSA) is 81.8 Å². The largest absolute Gasteiger partial charge is 0.378 e. The lowest BCUT2D eigenvalue weighted by Crippen LogP contribution is -2.47. The summed E-state index contributed by atoms with van der Waals surface area (Å²) in [5, 5.41) is 8.01. The monoisotopic (exact) mass is 575 g/mol. The molecule has 0 radical (unpaired) electrons. The van der Waals surface area contributed by atoms with Gasteiger partial charge >= 0.3 is 0 Å². The minimum atomic E-state index is -0.278. The fourth-order valence-electron chi connectivity index (χ4n) is 4.28. The average molecular weight is 575 g/mol. The standard InChI is InChI=1S/C26H33N5O2.HI/c1-19-8-9-22-21(17-29-24(22)16-19)10-11-28-26(27-2)30-18-23(20-6-4-3-5-7-20)25(32)31-12-14-33-15-13-31;/h3-9,16-17,23,29H,10-15,18H2,1-2H3,(H2,27,28,30);1H. The van der Waals surface area contributed by atoms with Gasteiger partial charge in [0.2, 0.25) is 5.91 Å². The molecule has 0 spiro atoms. The van der Waals surface area contributed by atoms with Gasteiger partial charge in [0.25, 0.3) is 0 Å². The Kier molecular flexibility index (Phi) is 9.76. The summed E-state index contributed by atoms with van der Waals surface area (Å²) in [4.78, 5) is 22.9. The number of aryl methyl sites for hydroxylation is 1. The van der Waals surface area contributed by atoms with E-state index in [0.29, 0.717) is 38.8 Å². The number of nitrogens with one attached hydrogen (secondary N) is 3. The van der Waals surface area contributed by atoms with Crippen molar-refractivity contribution in [3.8, 4) is 0 Å². The molecule has 1 atom stereocenters. The van der Waals surface area contributed by atoms with Gasteiger partial charge in [-0.05, 0) is 36.1 Å². The molecular weight excluding hydrogens is 541 g/mol. The maximum absolute atomic E-state index is 13.3. The molecule has 1 fully saturated rings. The van der Waals surface area contributed by atoms with Crippen molar-refractivity contribution in [2.24, 2.45) is 4.99 Å². The van der Waals surface area contributed by atoms with Crippen LogP contribution in [-0.4, -0.2) is 68.2 Å². The number of rotatable bonds is 7. The molecule has 2 aromatic carbocycles. The summed E-state index contributed by atoms with van der Waals surface area (Å²) in [7, 11) is 1.76. The van der Waals surface area contributed by atoms with Crippen molar-refractivity contribution in [1.82, 2.24) is 20.5 Å². The molecule has 1 aromatic heterocycles. The minimum absolute atomic E-state index is 0. The van der Waals surface area contributed by atoms with Crippen molar-refractivity contribution in [3.63, 3.8) is 0 Å². The van der Waals surface area contributed by atoms with Crippen LogP contribution in [0.4, 0.5) is 0 Å². The number of guanidine groups is 1. The molecule has 0 saturated carbocycles. The van der Waals surface area contributed by atoms with E-state index in [-0.39, 0.29) is 35.8 Å². The molecule has 4 rings (SSSR count). The molecule has 2 heterocycles. The van der Waals surface area contributed by atoms with E-state index in [4.69, 9.17) is 4.74 Å². The van der Waals surface area contributed by atoms with E-state index >= 15 is 0 Å². The number of halogens is 1. The number of hydrogen-bond acceptors (Lipinski definition) is 3. The van der Waals surface area contributed by atoms with E-state index in [1.165, 1.54) is 22.0 Å². The fourth-order valence-corrected chi connectivity index (χ4v) is 4.28. The molecule has 1 saturated heterocycles. The Labute approximate surface area is 218 Å². The van der Waals surface area contributed by atoms with Gasteiger partial charge in [-0.25, -0.2) is 0 Å². The van der Waals surface area contributed by atoms with Crippen LogP contribution < -0.4 is 10.6 Å². The number of fused-ring (bicyclic) bond motifs is 1. The summed E-state index contributed by atoms with van der Waals surface area (Å²) in [6.07, 6.45) is 2.95. The number of amides is 1. The van der Waals surface area contributed by atoms with E-state index in [9.17, 15) is 4.79 Å². The highest BCUT2D eigenvalue weighted by Crippen LogP contribution is 2.20. The van der Waals surface area contributed by atoms with Crippen LogP contribution in [0.2, 0.25) is 0 Å². The van der Waals surface area contributed by atoms with Crippen molar-refractivity contribution in [2.75, 3.05) is 46.4 Å². The number of aromatic nitrogens is 1. The summed E-state index contributed by atoms with van der Waals surface area (Å²) in [6, 6.07) is 16.4. The Hall–Kier alpha value is -2.59. The Bertz CT molecular complexity index is 1090. The van der Waals surface area contributed by atoms with Crippen molar-refractivity contribution in [3.05, 3.63) is 71.4 Å². The summed E-state index contributed by atoms with van der Waals surface area (Å²) in [6.45, 7) is 5.79. The Morgan fingerprint density at radius 2 is 1.91 bits per heavy atom. The van der Waals surface area contributed by atoms with Gasteiger partial charge in [-0.1, -0.05) is 42.5 Å². The normalized spacial score (nSPS) is 15.0. The Balaban J connectivity index is 0.00000324. The Morgan fingerprint density at radius 1 is 1.15 bits per heavy atom. The van der Waals surface area contributed by atoms with Gasteiger partial charge in [0.05, 0.1) is 19.1 Å². The third-order valence-electron chi connectivity index (χ3n) is 6.13. The quantitative estimate of drug-likeness (QED) is 0.229. The first-order chi connectivity index (χ1) is 16.2. The number of hydrogen-bond donors (Lipinski definition) is 3. The Morgan fingerprint density at radius 3 is 2.65 bits per heavy atom. The van der Waals surface area contributed by atoms with E-state index in [0.717, 1.165) is 18.5 Å². The van der Waals surface area contributed by atoms with Crippen LogP contribution >= 0.6 is 24.0 Å². The van der Waals surface area contributed by atoms with Gasteiger partial charge in [0.1, 0.15) is 0 Å². The second kappa shape index (κ2) is 12.8. The lowest BCUT2D eigenvalue weighted by molar-refractivity contribution is -0.136.